The first kappa shape index (κ1) is 17.0. The Hall–Kier alpha value is -1.06. The molecule has 0 saturated heterocycles. The van der Waals surface area contributed by atoms with E-state index in [0.717, 1.165) is 18.4 Å². The molecule has 0 fully saturated rings. The third kappa shape index (κ3) is 4.50. The summed E-state index contributed by atoms with van der Waals surface area (Å²) < 4.78 is 5.13. The SMILES string of the molecule is CCC(CC)N(CCOC)C(=O)c1cccc(CCl)c1. The Balaban J connectivity index is 2.95. The quantitative estimate of drug-likeness (QED) is 0.685. The Morgan fingerprint density at radius 1 is 1.35 bits per heavy atom. The summed E-state index contributed by atoms with van der Waals surface area (Å²) in [5, 5.41) is 0. The first-order valence-electron chi connectivity index (χ1n) is 7.12. The van der Waals surface area contributed by atoms with Gasteiger partial charge in [0.1, 0.15) is 0 Å². The maximum atomic E-state index is 12.7. The fourth-order valence-electron chi connectivity index (χ4n) is 2.32. The van der Waals surface area contributed by atoms with Crippen LogP contribution in [0.2, 0.25) is 0 Å². The van der Waals surface area contributed by atoms with Gasteiger partial charge in [-0.05, 0) is 30.5 Å². The summed E-state index contributed by atoms with van der Waals surface area (Å²) in [4.78, 5) is 14.6. The van der Waals surface area contributed by atoms with Crippen molar-refractivity contribution in [3.8, 4) is 0 Å². The Morgan fingerprint density at radius 3 is 2.60 bits per heavy atom. The highest BCUT2D eigenvalue weighted by Gasteiger charge is 2.22. The van der Waals surface area contributed by atoms with Gasteiger partial charge in [0.05, 0.1) is 6.61 Å². The molecule has 0 unspecified atom stereocenters. The number of benzene rings is 1. The van der Waals surface area contributed by atoms with E-state index >= 15 is 0 Å². The number of methoxy groups -OCH3 is 1. The number of alkyl halides is 1. The molecule has 1 rings (SSSR count). The molecule has 3 nitrogen and oxygen atoms in total. The number of amides is 1. The molecule has 20 heavy (non-hydrogen) atoms. The number of hydrogen-bond acceptors (Lipinski definition) is 2. The molecule has 4 heteroatoms. The molecular weight excluding hydrogens is 274 g/mol. The molecule has 0 spiro atoms. The third-order valence-corrected chi connectivity index (χ3v) is 3.82. The highest BCUT2D eigenvalue weighted by atomic mass is 35.5. The van der Waals surface area contributed by atoms with Crippen LogP contribution >= 0.6 is 11.6 Å². The maximum Gasteiger partial charge on any atom is 0.254 e. The van der Waals surface area contributed by atoms with Crippen molar-refractivity contribution in [3.63, 3.8) is 0 Å². The zero-order valence-corrected chi connectivity index (χ0v) is 13.3. The van der Waals surface area contributed by atoms with Gasteiger partial charge < -0.3 is 9.64 Å². The Labute approximate surface area is 126 Å². The van der Waals surface area contributed by atoms with Gasteiger partial charge in [-0.2, -0.15) is 0 Å². The Kier molecular flexibility index (Phi) is 7.63. The van der Waals surface area contributed by atoms with Crippen molar-refractivity contribution in [2.75, 3.05) is 20.3 Å². The lowest BCUT2D eigenvalue weighted by atomic mass is 10.1. The van der Waals surface area contributed by atoms with E-state index in [-0.39, 0.29) is 11.9 Å². The van der Waals surface area contributed by atoms with Crippen molar-refractivity contribution in [2.45, 2.75) is 38.6 Å². The topological polar surface area (TPSA) is 29.5 Å². The average Bonchev–Trinajstić information content (AvgIpc) is 2.50. The predicted molar refractivity (Wildman–Crippen MR) is 83.3 cm³/mol. The van der Waals surface area contributed by atoms with Gasteiger partial charge in [0.25, 0.3) is 5.91 Å². The summed E-state index contributed by atoms with van der Waals surface area (Å²) in [6.45, 7) is 5.39. The van der Waals surface area contributed by atoms with Crippen molar-refractivity contribution in [3.05, 3.63) is 35.4 Å². The minimum absolute atomic E-state index is 0.0581. The first-order chi connectivity index (χ1) is 9.67. The molecule has 0 atom stereocenters. The van der Waals surface area contributed by atoms with E-state index in [2.05, 4.69) is 13.8 Å². The fraction of sp³-hybridized carbons (Fsp3) is 0.562. The number of rotatable bonds is 8. The number of carbonyl (C=O) groups excluding carboxylic acids is 1. The molecule has 0 aliphatic carbocycles. The number of nitrogens with zero attached hydrogens (tertiary/aromatic N) is 1. The van der Waals surface area contributed by atoms with Crippen molar-refractivity contribution in [1.29, 1.82) is 0 Å². The first-order valence-corrected chi connectivity index (χ1v) is 7.66. The van der Waals surface area contributed by atoms with Crippen LogP contribution in [0.4, 0.5) is 0 Å². The number of ether oxygens (including phenoxy) is 1. The second-order valence-corrected chi connectivity index (χ2v) is 5.06. The van der Waals surface area contributed by atoms with Crippen LogP contribution in [0, 0.1) is 0 Å². The lowest BCUT2D eigenvalue weighted by molar-refractivity contribution is 0.0589. The minimum atomic E-state index is 0.0581. The third-order valence-electron chi connectivity index (χ3n) is 3.51. The summed E-state index contributed by atoms with van der Waals surface area (Å²) in [7, 11) is 1.66. The van der Waals surface area contributed by atoms with E-state index in [1.807, 2.05) is 29.2 Å². The van der Waals surface area contributed by atoms with Gasteiger partial charge in [-0.1, -0.05) is 26.0 Å². The van der Waals surface area contributed by atoms with E-state index in [0.29, 0.717) is 24.6 Å². The molecule has 0 bridgehead atoms. The van der Waals surface area contributed by atoms with Gasteiger partial charge in [0.15, 0.2) is 0 Å². The molecule has 1 amide bonds. The predicted octanol–water partition coefficient (Wildman–Crippen LogP) is 3.70. The molecular formula is C16H24ClNO2. The van der Waals surface area contributed by atoms with Gasteiger partial charge in [-0.3, -0.25) is 4.79 Å². The molecule has 0 radical (unpaired) electrons. The van der Waals surface area contributed by atoms with E-state index in [9.17, 15) is 4.79 Å². The van der Waals surface area contributed by atoms with Gasteiger partial charge >= 0.3 is 0 Å². The summed E-state index contributed by atoms with van der Waals surface area (Å²) in [5.41, 5.74) is 1.67. The summed E-state index contributed by atoms with van der Waals surface area (Å²) in [5.74, 6) is 0.479. The van der Waals surface area contributed by atoms with Crippen LogP contribution in [0.5, 0.6) is 0 Å². The zero-order valence-electron chi connectivity index (χ0n) is 12.6. The van der Waals surface area contributed by atoms with Crippen LogP contribution in [0.25, 0.3) is 0 Å². The largest absolute Gasteiger partial charge is 0.383 e. The van der Waals surface area contributed by atoms with Crippen LogP contribution in [-0.4, -0.2) is 37.1 Å². The van der Waals surface area contributed by atoms with Gasteiger partial charge in [0, 0.05) is 31.1 Å². The second-order valence-electron chi connectivity index (χ2n) is 4.80. The number of halogens is 1. The molecule has 1 aromatic carbocycles. The Bertz CT molecular complexity index is 419. The number of hydrogen-bond donors (Lipinski definition) is 0. The van der Waals surface area contributed by atoms with E-state index in [1.54, 1.807) is 7.11 Å². The van der Waals surface area contributed by atoms with Crippen molar-refractivity contribution in [1.82, 2.24) is 4.90 Å². The van der Waals surface area contributed by atoms with Crippen molar-refractivity contribution < 1.29 is 9.53 Å². The lowest BCUT2D eigenvalue weighted by Crippen LogP contribution is -2.41. The highest BCUT2D eigenvalue weighted by Crippen LogP contribution is 2.15. The molecule has 0 N–H and O–H groups in total. The Morgan fingerprint density at radius 2 is 2.05 bits per heavy atom. The molecule has 0 heterocycles. The normalized spacial score (nSPS) is 10.8. The van der Waals surface area contributed by atoms with E-state index in [4.69, 9.17) is 16.3 Å². The van der Waals surface area contributed by atoms with Gasteiger partial charge in [0.2, 0.25) is 0 Å². The molecule has 0 aromatic heterocycles. The van der Waals surface area contributed by atoms with Crippen LogP contribution in [0.3, 0.4) is 0 Å². The molecule has 0 aliphatic heterocycles. The van der Waals surface area contributed by atoms with E-state index < -0.39 is 0 Å². The standard InChI is InChI=1S/C16H24ClNO2/c1-4-15(5-2)18(9-10-20-3)16(19)14-8-6-7-13(11-14)12-17/h6-8,11,15H,4-5,9-10,12H2,1-3H3. The van der Waals surface area contributed by atoms with Gasteiger partial charge in [-0.15, -0.1) is 11.6 Å². The second kappa shape index (κ2) is 8.98. The highest BCUT2D eigenvalue weighted by molar-refractivity contribution is 6.17. The molecule has 0 aliphatic rings. The van der Waals surface area contributed by atoms with Crippen LogP contribution in [0.15, 0.2) is 24.3 Å². The summed E-state index contributed by atoms with van der Waals surface area (Å²) in [6.07, 6.45) is 1.89. The van der Waals surface area contributed by atoms with Gasteiger partial charge in [-0.25, -0.2) is 0 Å². The van der Waals surface area contributed by atoms with Crippen LogP contribution in [0.1, 0.15) is 42.6 Å². The monoisotopic (exact) mass is 297 g/mol. The van der Waals surface area contributed by atoms with Crippen LogP contribution in [-0.2, 0) is 10.6 Å². The maximum absolute atomic E-state index is 12.7. The molecule has 112 valence electrons. The molecule has 0 saturated carbocycles. The summed E-state index contributed by atoms with van der Waals surface area (Å²) in [6, 6.07) is 7.78. The smallest absolute Gasteiger partial charge is 0.254 e. The summed E-state index contributed by atoms with van der Waals surface area (Å²) >= 11 is 5.84. The molecule has 1 aromatic rings. The fourth-order valence-corrected chi connectivity index (χ4v) is 2.49. The average molecular weight is 298 g/mol. The minimum Gasteiger partial charge on any atom is -0.383 e. The van der Waals surface area contributed by atoms with E-state index in [1.165, 1.54) is 0 Å². The zero-order chi connectivity index (χ0) is 15.0. The van der Waals surface area contributed by atoms with Crippen LogP contribution < -0.4 is 0 Å². The lowest BCUT2D eigenvalue weighted by Gasteiger charge is -2.30. The van der Waals surface area contributed by atoms with Crippen molar-refractivity contribution >= 4 is 17.5 Å². The van der Waals surface area contributed by atoms with Crippen molar-refractivity contribution in [2.24, 2.45) is 0 Å². The number of carbonyl (C=O) groups is 1.